The van der Waals surface area contributed by atoms with Crippen molar-refractivity contribution < 1.29 is 27.8 Å². The van der Waals surface area contributed by atoms with Crippen molar-refractivity contribution in [1.82, 2.24) is 14.5 Å². The maximum absolute atomic E-state index is 13.8. The van der Waals surface area contributed by atoms with Crippen LogP contribution in [0.5, 0.6) is 5.75 Å². The summed E-state index contributed by atoms with van der Waals surface area (Å²) in [6, 6.07) is 10.1. The molecule has 2 N–H and O–H groups in total. The molecule has 0 radical (unpaired) electrons. The number of nitrogens with zero attached hydrogens (tertiary/aromatic N) is 3. The minimum atomic E-state index is -3.98. The van der Waals surface area contributed by atoms with Gasteiger partial charge >= 0.3 is 12.0 Å². The molecule has 186 valence electrons. The number of nitrogens with one attached hydrogen (secondary N) is 2. The van der Waals surface area contributed by atoms with E-state index < -0.39 is 12.0 Å². The summed E-state index contributed by atoms with van der Waals surface area (Å²) in [4.78, 5) is 34.6. The Hall–Kier alpha value is -3.90. The van der Waals surface area contributed by atoms with E-state index >= 15 is 0 Å². The number of benzene rings is 1. The van der Waals surface area contributed by atoms with Gasteiger partial charge in [0.15, 0.2) is 5.75 Å². The van der Waals surface area contributed by atoms with Gasteiger partial charge in [0, 0.05) is 43.1 Å². The lowest BCUT2D eigenvalue weighted by atomic mass is 10.2. The van der Waals surface area contributed by atoms with Crippen molar-refractivity contribution in [2.45, 2.75) is 26.0 Å². The summed E-state index contributed by atoms with van der Waals surface area (Å²) < 4.78 is 39.4. The standard InChI is InChI=1S/C24H21F2N5O4S/c1-2-34-11-3-10-31-17-13-18-16(28-22(33)24(25,26)35-18)12-15(17)29-23(31)30-21(32)20-5-4-19(36-20)14-6-8-27-9-7-14/h4-9,12-13H,2-3,10-11H2,1H3,(H,28,33)(H,29,30,32). The molecule has 4 heterocycles. The predicted molar refractivity (Wildman–Crippen MR) is 131 cm³/mol. The van der Waals surface area contributed by atoms with Gasteiger partial charge in [0.25, 0.3) is 5.91 Å². The molecular formula is C24H21F2N5O4S. The zero-order chi connectivity index (χ0) is 25.3. The van der Waals surface area contributed by atoms with Crippen LogP contribution < -0.4 is 15.4 Å². The molecule has 36 heavy (non-hydrogen) atoms. The number of halogens is 2. The lowest BCUT2D eigenvalue weighted by Gasteiger charge is -2.24. The number of hydrogen-bond donors (Lipinski definition) is 2. The van der Waals surface area contributed by atoms with E-state index in [1.165, 1.54) is 23.5 Å². The van der Waals surface area contributed by atoms with E-state index in [-0.39, 0.29) is 23.3 Å². The van der Waals surface area contributed by atoms with Crippen molar-refractivity contribution in [2.75, 3.05) is 23.8 Å². The SMILES string of the molecule is CCOCCCn1c(NC(=O)c2ccc(-c3ccncc3)s2)nc2cc3c(cc21)OC(F)(F)C(=O)N3. The number of anilines is 2. The van der Waals surface area contributed by atoms with Gasteiger partial charge in [0.2, 0.25) is 5.95 Å². The van der Waals surface area contributed by atoms with Gasteiger partial charge in [-0.15, -0.1) is 11.3 Å². The molecule has 0 saturated carbocycles. The highest BCUT2D eigenvalue weighted by molar-refractivity contribution is 7.17. The van der Waals surface area contributed by atoms with Crippen molar-refractivity contribution in [3.8, 4) is 16.2 Å². The Morgan fingerprint density at radius 1 is 1.25 bits per heavy atom. The fourth-order valence-corrected chi connectivity index (χ4v) is 4.71. The van der Waals surface area contributed by atoms with Gasteiger partial charge in [0.1, 0.15) is 0 Å². The lowest BCUT2D eigenvalue weighted by Crippen LogP contribution is -2.43. The zero-order valence-electron chi connectivity index (χ0n) is 19.1. The summed E-state index contributed by atoms with van der Waals surface area (Å²) >= 11 is 1.32. The number of carbonyl (C=O) groups is 2. The Labute approximate surface area is 208 Å². The molecule has 1 aromatic carbocycles. The van der Waals surface area contributed by atoms with Gasteiger partial charge in [-0.25, -0.2) is 4.98 Å². The summed E-state index contributed by atoms with van der Waals surface area (Å²) in [6.45, 7) is 3.32. The molecule has 0 spiro atoms. The molecule has 0 unspecified atom stereocenters. The molecule has 5 rings (SSSR count). The number of rotatable bonds is 8. The summed E-state index contributed by atoms with van der Waals surface area (Å²) in [5, 5.41) is 4.97. The van der Waals surface area contributed by atoms with Gasteiger partial charge < -0.3 is 19.4 Å². The van der Waals surface area contributed by atoms with Crippen LogP contribution in [0.4, 0.5) is 20.4 Å². The maximum atomic E-state index is 13.8. The monoisotopic (exact) mass is 513 g/mol. The van der Waals surface area contributed by atoms with Crippen molar-refractivity contribution in [2.24, 2.45) is 0 Å². The van der Waals surface area contributed by atoms with Crippen LogP contribution in [0.3, 0.4) is 0 Å². The average molecular weight is 514 g/mol. The molecule has 3 aromatic heterocycles. The summed E-state index contributed by atoms with van der Waals surface area (Å²) in [5.74, 6) is -1.86. The van der Waals surface area contributed by atoms with E-state index in [0.29, 0.717) is 42.1 Å². The number of pyridine rings is 1. The van der Waals surface area contributed by atoms with Crippen LogP contribution in [-0.2, 0) is 16.1 Å². The largest absolute Gasteiger partial charge is 0.482 e. The molecule has 0 saturated heterocycles. The molecule has 0 bridgehead atoms. The van der Waals surface area contributed by atoms with Gasteiger partial charge in [-0.05, 0) is 49.2 Å². The average Bonchev–Trinajstić information content (AvgIpc) is 3.47. The number of fused-ring (bicyclic) bond motifs is 2. The summed E-state index contributed by atoms with van der Waals surface area (Å²) in [5.41, 5.74) is 1.89. The Morgan fingerprint density at radius 2 is 2.06 bits per heavy atom. The van der Waals surface area contributed by atoms with E-state index in [1.54, 1.807) is 23.0 Å². The van der Waals surface area contributed by atoms with Crippen LogP contribution in [-0.4, -0.2) is 45.7 Å². The summed E-state index contributed by atoms with van der Waals surface area (Å²) in [6.07, 6.45) is -0.0243. The molecule has 1 aliphatic rings. The molecule has 4 aromatic rings. The van der Waals surface area contributed by atoms with Gasteiger partial charge in [-0.2, -0.15) is 8.78 Å². The Bertz CT molecular complexity index is 1440. The first kappa shape index (κ1) is 23.8. The van der Waals surface area contributed by atoms with E-state index in [0.717, 1.165) is 10.4 Å². The number of aryl methyl sites for hydroxylation is 1. The number of alkyl halides is 2. The van der Waals surface area contributed by atoms with Gasteiger partial charge in [-0.1, -0.05) is 0 Å². The molecule has 2 amide bonds. The van der Waals surface area contributed by atoms with E-state index in [4.69, 9.17) is 4.74 Å². The fraction of sp³-hybridized carbons (Fsp3) is 0.250. The summed E-state index contributed by atoms with van der Waals surface area (Å²) in [7, 11) is 0. The number of aromatic nitrogens is 3. The first-order chi connectivity index (χ1) is 17.4. The highest BCUT2D eigenvalue weighted by Gasteiger charge is 2.46. The molecule has 0 aliphatic carbocycles. The van der Waals surface area contributed by atoms with Crippen LogP contribution >= 0.6 is 11.3 Å². The van der Waals surface area contributed by atoms with Crippen LogP contribution in [0.15, 0.2) is 48.8 Å². The third-order valence-electron chi connectivity index (χ3n) is 5.49. The van der Waals surface area contributed by atoms with Crippen LogP contribution in [0, 0.1) is 0 Å². The topological polar surface area (TPSA) is 107 Å². The van der Waals surface area contributed by atoms with Crippen molar-refractivity contribution >= 4 is 45.8 Å². The second-order valence-corrected chi connectivity index (χ2v) is 8.99. The number of thiophene rings is 1. The number of ether oxygens (including phenoxy) is 2. The first-order valence-electron chi connectivity index (χ1n) is 11.2. The van der Waals surface area contributed by atoms with Crippen LogP contribution in [0.25, 0.3) is 21.5 Å². The van der Waals surface area contributed by atoms with Crippen molar-refractivity contribution in [3.05, 3.63) is 53.7 Å². The lowest BCUT2D eigenvalue weighted by molar-refractivity contribution is -0.189. The molecular weight excluding hydrogens is 492 g/mol. The first-order valence-corrected chi connectivity index (χ1v) is 12.0. The highest BCUT2D eigenvalue weighted by Crippen LogP contribution is 2.39. The number of imidazole rings is 1. The molecule has 1 aliphatic heterocycles. The van der Waals surface area contributed by atoms with Crippen molar-refractivity contribution in [1.29, 1.82) is 0 Å². The van der Waals surface area contributed by atoms with E-state index in [9.17, 15) is 18.4 Å². The third kappa shape index (κ3) is 4.64. The fourth-order valence-electron chi connectivity index (χ4n) is 3.80. The van der Waals surface area contributed by atoms with Gasteiger partial charge in [0.05, 0.1) is 21.6 Å². The second kappa shape index (κ2) is 9.63. The van der Waals surface area contributed by atoms with E-state index in [1.807, 2.05) is 25.1 Å². The van der Waals surface area contributed by atoms with Crippen LogP contribution in [0.2, 0.25) is 0 Å². The quantitative estimate of drug-likeness (QED) is 0.329. The van der Waals surface area contributed by atoms with Gasteiger partial charge in [-0.3, -0.25) is 19.9 Å². The molecule has 0 atom stereocenters. The Morgan fingerprint density at radius 3 is 2.83 bits per heavy atom. The van der Waals surface area contributed by atoms with E-state index in [2.05, 4.69) is 25.3 Å². The number of amides is 2. The maximum Gasteiger partial charge on any atom is 0.482 e. The molecule has 12 heteroatoms. The predicted octanol–water partition coefficient (Wildman–Crippen LogP) is 4.76. The minimum Gasteiger partial charge on any atom is -0.423 e. The highest BCUT2D eigenvalue weighted by atomic mass is 32.1. The zero-order valence-corrected chi connectivity index (χ0v) is 19.9. The van der Waals surface area contributed by atoms with Crippen molar-refractivity contribution in [3.63, 3.8) is 0 Å². The number of hydrogen-bond acceptors (Lipinski definition) is 7. The third-order valence-corrected chi connectivity index (χ3v) is 6.63. The van der Waals surface area contributed by atoms with Crippen LogP contribution in [0.1, 0.15) is 23.0 Å². The Balaban J connectivity index is 1.46. The molecule has 0 fully saturated rings. The number of carbonyl (C=O) groups excluding carboxylic acids is 2. The molecule has 9 nitrogen and oxygen atoms in total. The minimum absolute atomic E-state index is 0.0792. The second-order valence-electron chi connectivity index (χ2n) is 7.90. The Kier molecular flexibility index (Phi) is 6.37. The normalized spacial score (nSPS) is 14.2. The smallest absolute Gasteiger partial charge is 0.423 e.